The molecule has 0 spiro atoms. The Balaban J connectivity index is 3.05. The first-order chi connectivity index (χ1) is 6.84. The molecule has 0 aromatic carbocycles. The first kappa shape index (κ1) is 12.2. The Morgan fingerprint density at radius 1 is 1.53 bits per heavy atom. The van der Waals surface area contributed by atoms with Crippen molar-refractivity contribution in [3.8, 4) is 0 Å². The van der Waals surface area contributed by atoms with Gasteiger partial charge in [-0.1, -0.05) is 20.8 Å². The van der Waals surface area contributed by atoms with Crippen LogP contribution in [0.15, 0.2) is 0 Å². The summed E-state index contributed by atoms with van der Waals surface area (Å²) in [6, 6.07) is 0. The molecule has 0 aliphatic carbocycles. The summed E-state index contributed by atoms with van der Waals surface area (Å²) in [5.41, 5.74) is 5.17. The van der Waals surface area contributed by atoms with E-state index in [2.05, 4.69) is 0 Å². The lowest BCUT2D eigenvalue weighted by molar-refractivity contribution is -0.147. The van der Waals surface area contributed by atoms with Gasteiger partial charge in [0.15, 0.2) is 0 Å². The summed E-state index contributed by atoms with van der Waals surface area (Å²) in [6.45, 7) is 7.95. The fourth-order valence-electron chi connectivity index (χ4n) is 1.91. The summed E-state index contributed by atoms with van der Waals surface area (Å²) in [6.07, 6.45) is 0.321. The molecule has 1 fully saturated rings. The van der Waals surface area contributed by atoms with E-state index in [1.54, 1.807) is 6.92 Å². The minimum atomic E-state index is -0.543. The van der Waals surface area contributed by atoms with Crippen molar-refractivity contribution < 1.29 is 9.59 Å². The molecule has 2 N–H and O–H groups in total. The van der Waals surface area contributed by atoms with Crippen molar-refractivity contribution in [3.63, 3.8) is 0 Å². The van der Waals surface area contributed by atoms with Gasteiger partial charge < -0.3 is 5.73 Å². The van der Waals surface area contributed by atoms with Gasteiger partial charge in [0.2, 0.25) is 11.8 Å². The van der Waals surface area contributed by atoms with Crippen molar-refractivity contribution in [2.75, 3.05) is 6.54 Å². The molecule has 0 bridgehead atoms. The second kappa shape index (κ2) is 3.93. The number of hydrogen-bond donors (Lipinski definition) is 1. The number of nitrogens with zero attached hydrogens (tertiary/aromatic N) is 1. The number of imide groups is 1. The number of amides is 2. The smallest absolute Gasteiger partial charge is 0.233 e. The quantitative estimate of drug-likeness (QED) is 0.702. The molecule has 1 rings (SSSR count). The van der Waals surface area contributed by atoms with Crippen LogP contribution in [0, 0.1) is 11.8 Å². The summed E-state index contributed by atoms with van der Waals surface area (Å²) in [4.78, 5) is 25.0. The van der Waals surface area contributed by atoms with Crippen LogP contribution >= 0.6 is 0 Å². The number of rotatable bonds is 3. The van der Waals surface area contributed by atoms with E-state index in [4.69, 9.17) is 5.73 Å². The minimum Gasteiger partial charge on any atom is -0.328 e. The topological polar surface area (TPSA) is 63.4 Å². The lowest BCUT2D eigenvalue weighted by atomic mass is 9.86. The molecule has 86 valence electrons. The van der Waals surface area contributed by atoms with E-state index in [0.717, 1.165) is 0 Å². The van der Waals surface area contributed by atoms with Gasteiger partial charge in [-0.3, -0.25) is 14.5 Å². The molecule has 4 nitrogen and oxygen atoms in total. The lowest BCUT2D eigenvalue weighted by Crippen LogP contribution is -2.57. The van der Waals surface area contributed by atoms with Crippen molar-refractivity contribution in [3.05, 3.63) is 0 Å². The molecule has 0 saturated carbocycles. The maximum absolute atomic E-state index is 11.9. The van der Waals surface area contributed by atoms with E-state index in [9.17, 15) is 9.59 Å². The van der Waals surface area contributed by atoms with E-state index in [-0.39, 0.29) is 23.7 Å². The zero-order chi connectivity index (χ0) is 11.8. The molecule has 1 heterocycles. The van der Waals surface area contributed by atoms with Crippen LogP contribution in [0.5, 0.6) is 0 Å². The average Bonchev–Trinajstić information content (AvgIpc) is 2.40. The SMILES string of the molecule is CC1CC(=O)N(C(C)(CN)C(C)C)C1=O. The Kier molecular flexibility index (Phi) is 3.19. The van der Waals surface area contributed by atoms with Crippen LogP contribution in [0.4, 0.5) is 0 Å². The minimum absolute atomic E-state index is 0.0818. The monoisotopic (exact) mass is 212 g/mol. The Bertz CT molecular complexity index is 288. The molecule has 0 aromatic rings. The van der Waals surface area contributed by atoms with E-state index in [0.29, 0.717) is 13.0 Å². The summed E-state index contributed by atoms with van der Waals surface area (Å²) >= 11 is 0. The maximum Gasteiger partial charge on any atom is 0.233 e. The predicted octanol–water partition coefficient (Wildman–Crippen LogP) is 0.755. The summed E-state index contributed by atoms with van der Waals surface area (Å²) in [5.74, 6) is -0.196. The van der Waals surface area contributed by atoms with Crippen molar-refractivity contribution in [1.29, 1.82) is 0 Å². The molecule has 1 aliphatic heterocycles. The zero-order valence-electron chi connectivity index (χ0n) is 9.91. The molecule has 1 aliphatic rings. The second-order valence-electron chi connectivity index (χ2n) is 4.89. The van der Waals surface area contributed by atoms with Gasteiger partial charge in [-0.15, -0.1) is 0 Å². The standard InChI is InChI=1S/C11H20N2O2/c1-7(2)11(4,6-12)13-9(14)5-8(3)10(13)15/h7-8H,5-6,12H2,1-4H3. The first-order valence-corrected chi connectivity index (χ1v) is 5.41. The number of carbonyl (C=O) groups is 2. The number of nitrogens with two attached hydrogens (primary N) is 1. The molecule has 2 atom stereocenters. The second-order valence-corrected chi connectivity index (χ2v) is 4.89. The Hall–Kier alpha value is -0.900. The molecule has 4 heteroatoms. The van der Waals surface area contributed by atoms with Gasteiger partial charge in [0.05, 0.1) is 5.54 Å². The van der Waals surface area contributed by atoms with E-state index < -0.39 is 5.54 Å². The maximum atomic E-state index is 11.9. The Morgan fingerprint density at radius 2 is 2.07 bits per heavy atom. The van der Waals surface area contributed by atoms with Crippen molar-refractivity contribution in [2.45, 2.75) is 39.7 Å². The van der Waals surface area contributed by atoms with Crippen LogP contribution in [0.25, 0.3) is 0 Å². The fraction of sp³-hybridized carbons (Fsp3) is 0.818. The molecule has 1 saturated heterocycles. The number of likely N-dealkylation sites (tertiary alicyclic amines) is 1. The zero-order valence-corrected chi connectivity index (χ0v) is 9.91. The Labute approximate surface area is 90.8 Å². The number of carbonyl (C=O) groups excluding carboxylic acids is 2. The highest BCUT2D eigenvalue weighted by Crippen LogP contribution is 2.31. The highest BCUT2D eigenvalue weighted by atomic mass is 16.2. The molecular formula is C11H20N2O2. The average molecular weight is 212 g/mol. The normalized spacial score (nSPS) is 26.3. The van der Waals surface area contributed by atoms with E-state index >= 15 is 0 Å². The third kappa shape index (κ3) is 1.78. The van der Waals surface area contributed by atoms with Crippen LogP contribution in [-0.2, 0) is 9.59 Å². The third-order valence-electron chi connectivity index (χ3n) is 3.54. The summed E-state index contributed by atoms with van der Waals surface area (Å²) < 4.78 is 0. The molecule has 2 amide bonds. The van der Waals surface area contributed by atoms with Gasteiger partial charge in [0, 0.05) is 18.9 Å². The highest BCUT2D eigenvalue weighted by molar-refractivity contribution is 6.04. The van der Waals surface area contributed by atoms with Crippen molar-refractivity contribution in [1.82, 2.24) is 4.90 Å². The largest absolute Gasteiger partial charge is 0.328 e. The van der Waals surface area contributed by atoms with Gasteiger partial charge in [-0.05, 0) is 12.8 Å². The van der Waals surface area contributed by atoms with Gasteiger partial charge in [-0.25, -0.2) is 0 Å². The van der Waals surface area contributed by atoms with E-state index in [1.165, 1.54) is 4.90 Å². The van der Waals surface area contributed by atoms with Crippen LogP contribution < -0.4 is 5.73 Å². The lowest BCUT2D eigenvalue weighted by Gasteiger charge is -2.40. The third-order valence-corrected chi connectivity index (χ3v) is 3.54. The molecule has 2 unspecified atom stereocenters. The highest BCUT2D eigenvalue weighted by Gasteiger charge is 2.47. The number of hydrogen-bond acceptors (Lipinski definition) is 3. The van der Waals surface area contributed by atoms with Gasteiger partial charge >= 0.3 is 0 Å². The molecule has 0 aromatic heterocycles. The van der Waals surface area contributed by atoms with Gasteiger partial charge in [0.25, 0.3) is 0 Å². The Morgan fingerprint density at radius 3 is 2.33 bits per heavy atom. The van der Waals surface area contributed by atoms with E-state index in [1.807, 2.05) is 20.8 Å². The summed E-state index contributed by atoms with van der Waals surface area (Å²) in [5, 5.41) is 0. The van der Waals surface area contributed by atoms with Crippen molar-refractivity contribution >= 4 is 11.8 Å². The van der Waals surface area contributed by atoms with Crippen LogP contribution in [0.2, 0.25) is 0 Å². The van der Waals surface area contributed by atoms with Crippen LogP contribution in [-0.4, -0.2) is 28.8 Å². The van der Waals surface area contributed by atoms with Crippen LogP contribution in [0.3, 0.4) is 0 Å². The van der Waals surface area contributed by atoms with Gasteiger partial charge in [-0.2, -0.15) is 0 Å². The molecule has 0 radical (unpaired) electrons. The molecular weight excluding hydrogens is 192 g/mol. The van der Waals surface area contributed by atoms with Crippen molar-refractivity contribution in [2.24, 2.45) is 17.6 Å². The molecule has 15 heavy (non-hydrogen) atoms. The fourth-order valence-corrected chi connectivity index (χ4v) is 1.91. The summed E-state index contributed by atoms with van der Waals surface area (Å²) in [7, 11) is 0. The van der Waals surface area contributed by atoms with Gasteiger partial charge in [0.1, 0.15) is 0 Å². The predicted molar refractivity (Wildman–Crippen MR) is 57.9 cm³/mol. The van der Waals surface area contributed by atoms with Crippen LogP contribution in [0.1, 0.15) is 34.1 Å². The first-order valence-electron chi connectivity index (χ1n) is 5.41.